The van der Waals surface area contributed by atoms with Gasteiger partial charge < -0.3 is 5.73 Å². The molecule has 1 unspecified atom stereocenters. The maximum absolute atomic E-state index is 12.9. The van der Waals surface area contributed by atoms with Crippen molar-refractivity contribution in [2.24, 2.45) is 15.8 Å². The Labute approximate surface area is 111 Å². The molecule has 1 aromatic carbocycles. The Morgan fingerprint density at radius 1 is 1.26 bits per heavy atom. The van der Waals surface area contributed by atoms with Gasteiger partial charge in [0.1, 0.15) is 11.7 Å². The molecule has 1 aromatic rings. The Balaban J connectivity index is 2.02. The number of halogens is 1. The minimum absolute atomic E-state index is 0.152. The van der Waals surface area contributed by atoms with E-state index in [4.69, 9.17) is 5.73 Å². The first-order valence-electron chi connectivity index (χ1n) is 5.30. The lowest BCUT2D eigenvalue weighted by molar-refractivity contribution is -0.135. The number of hydrogen-bond donors (Lipinski definition) is 1. The summed E-state index contributed by atoms with van der Waals surface area (Å²) in [6, 6.07) is 5.14. The SMILES string of the molecule is NC1=NN2C(=O)C(c3ccc(F)cc3)C(=O)N=C2S1. The zero-order valence-electron chi connectivity index (χ0n) is 9.41. The predicted octanol–water partition coefficient (Wildman–Crippen LogP) is 0.611. The van der Waals surface area contributed by atoms with E-state index in [1.807, 2.05) is 0 Å². The molecule has 2 heterocycles. The Bertz CT molecular complexity index is 641. The van der Waals surface area contributed by atoms with Crippen LogP contribution in [-0.4, -0.2) is 27.2 Å². The van der Waals surface area contributed by atoms with Gasteiger partial charge in [-0.05, 0) is 29.5 Å². The van der Waals surface area contributed by atoms with Crippen molar-refractivity contribution in [2.45, 2.75) is 5.92 Å². The normalized spacial score (nSPS) is 22.2. The van der Waals surface area contributed by atoms with E-state index >= 15 is 0 Å². The summed E-state index contributed by atoms with van der Waals surface area (Å²) in [5, 5.41) is 5.12. The molecule has 2 amide bonds. The molecule has 96 valence electrons. The highest BCUT2D eigenvalue weighted by atomic mass is 32.2. The van der Waals surface area contributed by atoms with Gasteiger partial charge >= 0.3 is 0 Å². The molecule has 0 aromatic heterocycles. The zero-order chi connectivity index (χ0) is 13.6. The fourth-order valence-electron chi connectivity index (χ4n) is 1.84. The van der Waals surface area contributed by atoms with Crippen LogP contribution in [0.3, 0.4) is 0 Å². The lowest BCUT2D eigenvalue weighted by Crippen LogP contribution is -2.40. The molecule has 0 saturated carbocycles. The fourth-order valence-corrected chi connectivity index (χ4v) is 2.50. The molecule has 0 radical (unpaired) electrons. The van der Waals surface area contributed by atoms with Crippen LogP contribution in [0.4, 0.5) is 4.39 Å². The van der Waals surface area contributed by atoms with E-state index < -0.39 is 23.5 Å². The molecule has 3 rings (SSSR count). The molecular weight excluding hydrogens is 271 g/mol. The summed E-state index contributed by atoms with van der Waals surface area (Å²) < 4.78 is 12.9. The molecule has 1 atom stereocenters. The molecule has 2 N–H and O–H groups in total. The highest BCUT2D eigenvalue weighted by Crippen LogP contribution is 2.30. The number of thioether (sulfide) groups is 1. The highest BCUT2D eigenvalue weighted by molar-refractivity contribution is 8.26. The van der Waals surface area contributed by atoms with Crippen LogP contribution in [0.15, 0.2) is 34.4 Å². The summed E-state index contributed by atoms with van der Waals surface area (Å²) in [4.78, 5) is 27.9. The second-order valence-corrected chi connectivity index (χ2v) is 4.90. The van der Waals surface area contributed by atoms with Crippen LogP contribution in [0.5, 0.6) is 0 Å². The number of amidine groups is 2. The van der Waals surface area contributed by atoms with Crippen LogP contribution in [0.1, 0.15) is 11.5 Å². The van der Waals surface area contributed by atoms with Crippen LogP contribution in [0.25, 0.3) is 0 Å². The standard InChI is InChI=1S/C11H7FN4O2S/c12-6-3-1-5(2-4-6)7-8(17)14-11-16(9(7)18)15-10(13)19-11/h1-4,7H,(H2,13,15). The number of nitrogens with two attached hydrogens (primary N) is 1. The number of carbonyl (C=O) groups is 2. The van der Waals surface area contributed by atoms with E-state index in [1.165, 1.54) is 24.3 Å². The number of amides is 2. The van der Waals surface area contributed by atoms with Gasteiger partial charge in [-0.25, -0.2) is 4.39 Å². The summed E-state index contributed by atoms with van der Waals surface area (Å²) >= 11 is 0.959. The van der Waals surface area contributed by atoms with Crippen molar-refractivity contribution >= 4 is 33.9 Å². The van der Waals surface area contributed by atoms with Crippen molar-refractivity contribution in [3.8, 4) is 0 Å². The summed E-state index contributed by atoms with van der Waals surface area (Å²) in [5.74, 6) is -2.67. The molecule has 0 fully saturated rings. The quantitative estimate of drug-likeness (QED) is 0.762. The molecule has 8 heteroatoms. The molecule has 6 nitrogen and oxygen atoms in total. The van der Waals surface area contributed by atoms with Gasteiger partial charge in [-0.3, -0.25) is 9.59 Å². The number of rotatable bonds is 1. The van der Waals surface area contributed by atoms with Gasteiger partial charge in [-0.1, -0.05) is 12.1 Å². The van der Waals surface area contributed by atoms with Gasteiger partial charge in [0.15, 0.2) is 5.17 Å². The molecule has 0 saturated heterocycles. The van der Waals surface area contributed by atoms with Gasteiger partial charge in [0, 0.05) is 0 Å². The third-order valence-electron chi connectivity index (χ3n) is 2.69. The molecular formula is C11H7FN4O2S. The number of fused-ring (bicyclic) bond motifs is 1. The molecule has 2 aliphatic heterocycles. The first-order valence-corrected chi connectivity index (χ1v) is 6.12. The monoisotopic (exact) mass is 278 g/mol. The number of carbonyl (C=O) groups excluding carboxylic acids is 2. The molecule has 0 spiro atoms. The van der Waals surface area contributed by atoms with Crippen molar-refractivity contribution in [1.82, 2.24) is 5.01 Å². The van der Waals surface area contributed by atoms with Crippen LogP contribution < -0.4 is 5.73 Å². The smallest absolute Gasteiger partial charge is 0.266 e. The average molecular weight is 278 g/mol. The summed E-state index contributed by atoms with van der Waals surface area (Å²) in [6.07, 6.45) is 0. The van der Waals surface area contributed by atoms with Gasteiger partial charge in [-0.15, -0.1) is 5.10 Å². The number of hydrazone groups is 1. The van der Waals surface area contributed by atoms with Crippen molar-refractivity contribution in [2.75, 3.05) is 0 Å². The van der Waals surface area contributed by atoms with Gasteiger partial charge in [-0.2, -0.15) is 10.0 Å². The second-order valence-electron chi connectivity index (χ2n) is 3.91. The largest absolute Gasteiger partial charge is 0.376 e. The van der Waals surface area contributed by atoms with E-state index in [0.29, 0.717) is 5.56 Å². The van der Waals surface area contributed by atoms with Crippen molar-refractivity contribution in [3.05, 3.63) is 35.6 Å². The van der Waals surface area contributed by atoms with Crippen molar-refractivity contribution < 1.29 is 14.0 Å². The minimum Gasteiger partial charge on any atom is -0.376 e. The van der Waals surface area contributed by atoms with Gasteiger partial charge in [0.25, 0.3) is 11.8 Å². The van der Waals surface area contributed by atoms with Gasteiger partial charge in [0.05, 0.1) is 0 Å². The van der Waals surface area contributed by atoms with Crippen LogP contribution in [-0.2, 0) is 9.59 Å². The van der Waals surface area contributed by atoms with E-state index in [9.17, 15) is 14.0 Å². The first-order chi connectivity index (χ1) is 9.06. The topological polar surface area (TPSA) is 88.1 Å². The summed E-state index contributed by atoms with van der Waals surface area (Å²) in [5.41, 5.74) is 5.86. The predicted molar refractivity (Wildman–Crippen MR) is 67.6 cm³/mol. The molecule has 0 bridgehead atoms. The van der Waals surface area contributed by atoms with Gasteiger partial charge in [0.2, 0.25) is 5.17 Å². The van der Waals surface area contributed by atoms with Crippen LogP contribution in [0, 0.1) is 5.82 Å². The molecule has 0 aliphatic carbocycles. The second kappa shape index (κ2) is 4.16. The Kier molecular flexibility index (Phi) is 2.59. The van der Waals surface area contributed by atoms with Crippen molar-refractivity contribution in [1.29, 1.82) is 0 Å². The third kappa shape index (κ3) is 1.89. The maximum Gasteiger partial charge on any atom is 0.266 e. The Hall–Kier alpha value is -2.22. The number of benzene rings is 1. The van der Waals surface area contributed by atoms with E-state index in [-0.39, 0.29) is 10.3 Å². The Morgan fingerprint density at radius 2 is 1.95 bits per heavy atom. The van der Waals surface area contributed by atoms with E-state index in [0.717, 1.165) is 16.8 Å². The number of nitrogens with zero attached hydrogens (tertiary/aromatic N) is 3. The van der Waals surface area contributed by atoms with Crippen LogP contribution >= 0.6 is 11.8 Å². The lowest BCUT2D eigenvalue weighted by atomic mass is 9.96. The third-order valence-corrected chi connectivity index (χ3v) is 3.43. The maximum atomic E-state index is 12.9. The number of aliphatic imine (C=N–C) groups is 1. The minimum atomic E-state index is -1.10. The molecule has 19 heavy (non-hydrogen) atoms. The first kappa shape index (κ1) is 11.8. The number of hydrogen-bond acceptors (Lipinski definition) is 5. The van der Waals surface area contributed by atoms with E-state index in [1.54, 1.807) is 0 Å². The highest BCUT2D eigenvalue weighted by Gasteiger charge is 2.42. The fraction of sp³-hybridized carbons (Fsp3) is 0.0909. The summed E-state index contributed by atoms with van der Waals surface area (Å²) in [6.45, 7) is 0. The van der Waals surface area contributed by atoms with E-state index in [2.05, 4.69) is 10.1 Å². The lowest BCUT2D eigenvalue weighted by Gasteiger charge is -2.22. The van der Waals surface area contributed by atoms with Crippen LogP contribution in [0.2, 0.25) is 0 Å². The van der Waals surface area contributed by atoms with Crippen molar-refractivity contribution in [3.63, 3.8) is 0 Å². The molecule has 2 aliphatic rings. The Morgan fingerprint density at radius 3 is 2.63 bits per heavy atom. The average Bonchev–Trinajstić information content (AvgIpc) is 2.72. The zero-order valence-corrected chi connectivity index (χ0v) is 10.2. The summed E-state index contributed by atoms with van der Waals surface area (Å²) in [7, 11) is 0.